The van der Waals surface area contributed by atoms with Crippen LogP contribution in [0.5, 0.6) is 0 Å². The Bertz CT molecular complexity index is 838. The van der Waals surface area contributed by atoms with E-state index in [-0.39, 0.29) is 16.4 Å². The third-order valence-corrected chi connectivity index (χ3v) is 4.54. The Kier molecular flexibility index (Phi) is 4.34. The van der Waals surface area contributed by atoms with E-state index in [9.17, 15) is 17.6 Å². The van der Waals surface area contributed by atoms with E-state index >= 15 is 0 Å². The second-order valence-corrected chi connectivity index (χ2v) is 6.40. The SMILES string of the molecule is Cc1c(F)cc(C(=O)O)cc1S(=O)(=O)Nc1ccc(Cl)nc1. The number of hydrogen-bond donors (Lipinski definition) is 2. The lowest BCUT2D eigenvalue weighted by Crippen LogP contribution is -2.16. The summed E-state index contributed by atoms with van der Waals surface area (Å²) >= 11 is 5.60. The minimum Gasteiger partial charge on any atom is -0.478 e. The first kappa shape index (κ1) is 16.2. The maximum Gasteiger partial charge on any atom is 0.335 e. The van der Waals surface area contributed by atoms with Crippen LogP contribution in [-0.4, -0.2) is 24.5 Å². The zero-order valence-corrected chi connectivity index (χ0v) is 12.7. The Morgan fingerprint density at radius 1 is 1.36 bits per heavy atom. The molecule has 0 atom stereocenters. The van der Waals surface area contributed by atoms with Gasteiger partial charge in [-0.25, -0.2) is 22.6 Å². The van der Waals surface area contributed by atoms with Gasteiger partial charge < -0.3 is 5.11 Å². The number of hydrogen-bond acceptors (Lipinski definition) is 4. The highest BCUT2D eigenvalue weighted by Crippen LogP contribution is 2.23. The molecule has 0 spiro atoms. The predicted octanol–water partition coefficient (Wildman–Crippen LogP) is 2.68. The number of sulfonamides is 1. The molecule has 22 heavy (non-hydrogen) atoms. The Balaban J connectivity index is 2.49. The van der Waals surface area contributed by atoms with Crippen molar-refractivity contribution >= 4 is 33.3 Å². The van der Waals surface area contributed by atoms with Gasteiger partial charge in [0, 0.05) is 5.56 Å². The van der Waals surface area contributed by atoms with E-state index < -0.39 is 32.3 Å². The molecule has 2 N–H and O–H groups in total. The van der Waals surface area contributed by atoms with Crippen LogP contribution in [0.25, 0.3) is 0 Å². The Morgan fingerprint density at radius 3 is 2.59 bits per heavy atom. The predicted molar refractivity (Wildman–Crippen MR) is 78.2 cm³/mol. The average Bonchev–Trinajstić information content (AvgIpc) is 2.43. The number of rotatable bonds is 4. The van der Waals surface area contributed by atoms with Crippen molar-refractivity contribution in [3.8, 4) is 0 Å². The second-order valence-electron chi connectivity index (χ2n) is 4.36. The molecule has 9 heteroatoms. The van der Waals surface area contributed by atoms with Gasteiger partial charge in [-0.05, 0) is 31.2 Å². The largest absolute Gasteiger partial charge is 0.478 e. The van der Waals surface area contributed by atoms with Crippen LogP contribution in [0.3, 0.4) is 0 Å². The molecule has 0 amide bonds. The molecule has 1 aromatic heterocycles. The van der Waals surface area contributed by atoms with E-state index in [2.05, 4.69) is 9.71 Å². The Morgan fingerprint density at radius 2 is 2.05 bits per heavy atom. The first-order valence-corrected chi connectivity index (χ1v) is 7.74. The fraction of sp³-hybridized carbons (Fsp3) is 0.0769. The van der Waals surface area contributed by atoms with Gasteiger partial charge >= 0.3 is 5.97 Å². The highest BCUT2D eigenvalue weighted by atomic mass is 35.5. The van der Waals surface area contributed by atoms with Crippen molar-refractivity contribution in [2.24, 2.45) is 0 Å². The zero-order chi connectivity index (χ0) is 16.5. The molecular weight excluding hydrogens is 335 g/mol. The number of nitrogens with one attached hydrogen (secondary N) is 1. The summed E-state index contributed by atoms with van der Waals surface area (Å²) in [7, 11) is -4.17. The monoisotopic (exact) mass is 344 g/mol. The van der Waals surface area contributed by atoms with Crippen LogP contribution in [0, 0.1) is 12.7 Å². The summed E-state index contributed by atoms with van der Waals surface area (Å²) in [4.78, 5) is 14.2. The maximum absolute atomic E-state index is 13.7. The molecule has 0 saturated carbocycles. The fourth-order valence-corrected chi connectivity index (χ4v) is 3.14. The zero-order valence-electron chi connectivity index (χ0n) is 11.2. The number of benzene rings is 1. The summed E-state index contributed by atoms with van der Waals surface area (Å²) in [5.74, 6) is -2.35. The first-order valence-electron chi connectivity index (χ1n) is 5.88. The van der Waals surface area contributed by atoms with Gasteiger partial charge in [0.25, 0.3) is 10.0 Å². The number of nitrogens with zero attached hydrogens (tertiary/aromatic N) is 1. The number of halogens is 2. The van der Waals surface area contributed by atoms with E-state index in [1.807, 2.05) is 0 Å². The van der Waals surface area contributed by atoms with Crippen LogP contribution < -0.4 is 4.72 Å². The summed E-state index contributed by atoms with van der Waals surface area (Å²) in [5, 5.41) is 9.08. The smallest absolute Gasteiger partial charge is 0.335 e. The number of carboxylic acids is 1. The fourth-order valence-electron chi connectivity index (χ4n) is 1.70. The first-order chi connectivity index (χ1) is 10.2. The maximum atomic E-state index is 13.7. The van der Waals surface area contributed by atoms with Gasteiger partial charge in [0.1, 0.15) is 11.0 Å². The average molecular weight is 345 g/mol. The van der Waals surface area contributed by atoms with Gasteiger partial charge in [-0.1, -0.05) is 11.6 Å². The number of aromatic nitrogens is 1. The molecule has 1 aromatic carbocycles. The Labute approximate surface area is 130 Å². The van der Waals surface area contributed by atoms with Gasteiger partial charge in [0.15, 0.2) is 0 Å². The van der Waals surface area contributed by atoms with Crippen LogP contribution >= 0.6 is 11.6 Å². The van der Waals surface area contributed by atoms with Crippen LogP contribution in [0.15, 0.2) is 35.4 Å². The van der Waals surface area contributed by atoms with Crippen LogP contribution in [0.4, 0.5) is 10.1 Å². The highest BCUT2D eigenvalue weighted by molar-refractivity contribution is 7.92. The number of carbonyl (C=O) groups is 1. The molecule has 0 unspecified atom stereocenters. The van der Waals surface area contributed by atoms with Crippen molar-refractivity contribution in [3.05, 3.63) is 52.6 Å². The van der Waals surface area contributed by atoms with E-state index in [0.717, 1.165) is 12.1 Å². The van der Waals surface area contributed by atoms with Crippen molar-refractivity contribution in [2.75, 3.05) is 4.72 Å². The molecule has 2 rings (SSSR count). The van der Waals surface area contributed by atoms with E-state index in [4.69, 9.17) is 16.7 Å². The lowest BCUT2D eigenvalue weighted by molar-refractivity contribution is 0.0696. The van der Waals surface area contributed by atoms with Gasteiger partial charge in [0.2, 0.25) is 0 Å². The molecule has 1 heterocycles. The molecular formula is C13H10ClFN2O4S. The molecule has 0 aliphatic rings. The van der Waals surface area contributed by atoms with Crippen molar-refractivity contribution < 1.29 is 22.7 Å². The lowest BCUT2D eigenvalue weighted by atomic mass is 10.1. The number of carboxylic acid groups (broad SMARTS) is 1. The summed E-state index contributed by atoms with van der Waals surface area (Å²) in [5.41, 5.74) is -0.526. The molecule has 0 radical (unpaired) electrons. The van der Waals surface area contributed by atoms with E-state index in [1.165, 1.54) is 25.3 Å². The van der Waals surface area contributed by atoms with Crippen molar-refractivity contribution in [1.82, 2.24) is 4.98 Å². The molecule has 6 nitrogen and oxygen atoms in total. The summed E-state index contributed by atoms with van der Waals surface area (Å²) in [6.07, 6.45) is 1.19. The normalized spacial score (nSPS) is 11.2. The molecule has 0 saturated heterocycles. The third kappa shape index (κ3) is 3.34. The summed E-state index contributed by atoms with van der Waals surface area (Å²) in [6.45, 7) is 1.25. The Hall–Kier alpha value is -2.19. The van der Waals surface area contributed by atoms with E-state index in [1.54, 1.807) is 0 Å². The molecule has 0 aliphatic carbocycles. The molecule has 0 aliphatic heterocycles. The molecule has 116 valence electrons. The van der Waals surface area contributed by atoms with Crippen molar-refractivity contribution in [2.45, 2.75) is 11.8 Å². The van der Waals surface area contributed by atoms with Gasteiger partial charge in [-0.15, -0.1) is 0 Å². The van der Waals surface area contributed by atoms with Crippen molar-refractivity contribution in [3.63, 3.8) is 0 Å². The molecule has 2 aromatic rings. The number of pyridine rings is 1. The summed E-state index contributed by atoms with van der Waals surface area (Å²) in [6, 6.07) is 4.41. The molecule has 0 bridgehead atoms. The minimum atomic E-state index is -4.17. The standard InChI is InChI=1S/C13H10ClFN2O4S/c1-7-10(15)4-8(13(18)19)5-11(7)22(20,21)17-9-2-3-12(14)16-6-9/h2-6,17H,1H3,(H,18,19). The number of anilines is 1. The third-order valence-electron chi connectivity index (χ3n) is 2.81. The van der Waals surface area contributed by atoms with Crippen LogP contribution in [0.2, 0.25) is 5.15 Å². The van der Waals surface area contributed by atoms with Crippen molar-refractivity contribution in [1.29, 1.82) is 0 Å². The topological polar surface area (TPSA) is 96.4 Å². The highest BCUT2D eigenvalue weighted by Gasteiger charge is 2.22. The lowest BCUT2D eigenvalue weighted by Gasteiger charge is -2.11. The molecule has 0 fully saturated rings. The van der Waals surface area contributed by atoms with Crippen LogP contribution in [0.1, 0.15) is 15.9 Å². The van der Waals surface area contributed by atoms with Gasteiger partial charge in [-0.3, -0.25) is 4.72 Å². The van der Waals surface area contributed by atoms with Gasteiger partial charge in [-0.2, -0.15) is 0 Å². The van der Waals surface area contributed by atoms with E-state index in [0.29, 0.717) is 0 Å². The minimum absolute atomic E-state index is 0.116. The quantitative estimate of drug-likeness (QED) is 0.831. The second kappa shape index (κ2) is 5.90. The number of aromatic carboxylic acids is 1. The van der Waals surface area contributed by atoms with Crippen LogP contribution in [-0.2, 0) is 10.0 Å². The van der Waals surface area contributed by atoms with Gasteiger partial charge in [0.05, 0.1) is 22.3 Å². The summed E-state index contributed by atoms with van der Waals surface area (Å²) < 4.78 is 40.5.